The Labute approximate surface area is 256 Å². The molecule has 0 aliphatic rings. The molecule has 2 atom stereocenters. The Hall–Kier alpha value is -4.03. The summed E-state index contributed by atoms with van der Waals surface area (Å²) in [6.45, 7) is 5.63. The van der Waals surface area contributed by atoms with E-state index in [1.165, 1.54) is 17.6 Å². The van der Waals surface area contributed by atoms with Crippen molar-refractivity contribution in [2.75, 3.05) is 11.3 Å². The minimum Gasteiger partial charge on any atom is -0.387 e. The summed E-state index contributed by atoms with van der Waals surface area (Å²) in [6, 6.07) is 25.7. The van der Waals surface area contributed by atoms with Crippen LogP contribution in [-0.4, -0.2) is 36.2 Å². The van der Waals surface area contributed by atoms with Gasteiger partial charge in [0.05, 0.1) is 17.5 Å². The first-order chi connectivity index (χ1) is 20.7. The smallest absolute Gasteiger partial charge is 0.258 e. The van der Waals surface area contributed by atoms with Crippen LogP contribution in [0.25, 0.3) is 10.9 Å². The average Bonchev–Trinajstić information content (AvgIpc) is 3.63. The SMILES string of the molecule is CC(C)(CCn1ccc2cc(C(=O)NCc3cc(=O)[nH]s3)ccc21)NCC(O)c1cccc(NS(=O)c2ccccc2)c1. The first-order valence-corrected chi connectivity index (χ1v) is 15.9. The van der Waals surface area contributed by atoms with Gasteiger partial charge in [-0.1, -0.05) is 41.9 Å². The summed E-state index contributed by atoms with van der Waals surface area (Å²) < 4.78 is 20.4. The van der Waals surface area contributed by atoms with Gasteiger partial charge in [-0.25, -0.2) is 4.21 Å². The predicted molar refractivity (Wildman–Crippen MR) is 173 cm³/mol. The molecule has 5 rings (SSSR count). The largest absolute Gasteiger partial charge is 0.387 e. The zero-order valence-electron chi connectivity index (χ0n) is 24.0. The average molecular weight is 618 g/mol. The highest BCUT2D eigenvalue weighted by Crippen LogP contribution is 2.22. The number of aliphatic hydroxyl groups excluding tert-OH is 1. The molecule has 43 heavy (non-hydrogen) atoms. The molecule has 0 fully saturated rings. The van der Waals surface area contributed by atoms with Crippen LogP contribution in [0.2, 0.25) is 0 Å². The summed E-state index contributed by atoms with van der Waals surface area (Å²) in [5, 5.41) is 18.2. The highest BCUT2D eigenvalue weighted by molar-refractivity contribution is 7.86. The van der Waals surface area contributed by atoms with Crippen LogP contribution in [0.1, 0.15) is 47.2 Å². The molecule has 0 radical (unpaired) electrons. The predicted octanol–water partition coefficient (Wildman–Crippen LogP) is 4.95. The molecule has 2 unspecified atom stereocenters. The molecule has 11 heteroatoms. The molecule has 0 bridgehead atoms. The number of aromatic nitrogens is 2. The van der Waals surface area contributed by atoms with Gasteiger partial charge in [0, 0.05) is 57.9 Å². The molecular weight excluding hydrogens is 583 g/mol. The Morgan fingerprint density at radius 1 is 1.05 bits per heavy atom. The van der Waals surface area contributed by atoms with Crippen molar-refractivity contribution < 1.29 is 14.1 Å². The number of carbonyl (C=O) groups is 1. The van der Waals surface area contributed by atoms with Gasteiger partial charge in [0.2, 0.25) is 0 Å². The molecule has 5 aromatic rings. The van der Waals surface area contributed by atoms with E-state index in [1.54, 1.807) is 12.1 Å². The zero-order chi connectivity index (χ0) is 30.4. The van der Waals surface area contributed by atoms with Gasteiger partial charge in [-0.05, 0) is 74.4 Å². The van der Waals surface area contributed by atoms with Crippen molar-refractivity contribution in [2.45, 2.75) is 49.9 Å². The Morgan fingerprint density at radius 3 is 2.63 bits per heavy atom. The number of H-pyrrole nitrogens is 1. The van der Waals surface area contributed by atoms with Crippen molar-refractivity contribution in [1.82, 2.24) is 19.6 Å². The van der Waals surface area contributed by atoms with Crippen LogP contribution in [-0.2, 0) is 24.1 Å². The monoisotopic (exact) mass is 617 g/mol. The van der Waals surface area contributed by atoms with Crippen LogP contribution >= 0.6 is 11.5 Å². The number of amides is 1. The summed E-state index contributed by atoms with van der Waals surface area (Å²) in [5.74, 6) is -0.190. The lowest BCUT2D eigenvalue weighted by Crippen LogP contribution is -2.42. The standard InChI is InChI=1S/C32H35N5O4S2/c1-32(2,34-21-29(38)23-7-6-8-25(18-23)36-43(41)27-9-4-3-5-10-27)14-16-37-15-13-22-17-24(11-12-28(22)37)31(40)33-20-26-19-30(39)35-42-26/h3-13,15,17-19,29,34,36,38H,14,16,20-21H2,1-2H3,(H,33,40)(H,35,39). The minimum absolute atomic E-state index is 0.163. The molecule has 0 spiro atoms. The molecule has 2 heterocycles. The second-order valence-corrected chi connectivity index (χ2v) is 13.1. The molecule has 2 aromatic heterocycles. The first-order valence-electron chi connectivity index (χ1n) is 14.0. The topological polar surface area (TPSA) is 128 Å². The number of carbonyl (C=O) groups excluding carboxylic acids is 1. The molecule has 224 valence electrons. The number of β-amino-alcohol motifs (C(OH)–C–C–N with tert-alkyl or cyclic N) is 1. The number of anilines is 1. The van der Waals surface area contributed by atoms with Crippen molar-refractivity contribution in [3.8, 4) is 0 Å². The van der Waals surface area contributed by atoms with Gasteiger partial charge < -0.3 is 25.0 Å². The summed E-state index contributed by atoms with van der Waals surface area (Å²) >= 11 is 1.22. The highest BCUT2D eigenvalue weighted by atomic mass is 32.2. The van der Waals surface area contributed by atoms with E-state index >= 15 is 0 Å². The normalized spacial score (nSPS) is 13.1. The molecule has 0 saturated heterocycles. The van der Waals surface area contributed by atoms with E-state index in [-0.39, 0.29) is 17.0 Å². The number of nitrogens with zero attached hydrogens (tertiary/aromatic N) is 1. The maximum atomic E-state index is 12.6. The van der Waals surface area contributed by atoms with Crippen LogP contribution in [0.15, 0.2) is 101 Å². The lowest BCUT2D eigenvalue weighted by Gasteiger charge is -2.28. The lowest BCUT2D eigenvalue weighted by atomic mass is 9.99. The van der Waals surface area contributed by atoms with Gasteiger partial charge in [-0.3, -0.25) is 14.0 Å². The zero-order valence-corrected chi connectivity index (χ0v) is 25.6. The minimum atomic E-state index is -1.39. The van der Waals surface area contributed by atoms with Crippen molar-refractivity contribution in [3.05, 3.63) is 117 Å². The molecule has 1 amide bonds. The summed E-state index contributed by atoms with van der Waals surface area (Å²) in [4.78, 5) is 25.4. The summed E-state index contributed by atoms with van der Waals surface area (Å²) in [5.41, 5.74) is 2.59. The molecule has 0 saturated carbocycles. The van der Waals surface area contributed by atoms with E-state index in [9.17, 15) is 18.9 Å². The Bertz CT molecular complexity index is 1780. The van der Waals surface area contributed by atoms with E-state index < -0.39 is 17.1 Å². The van der Waals surface area contributed by atoms with Gasteiger partial charge in [-0.15, -0.1) is 0 Å². The van der Waals surface area contributed by atoms with Gasteiger partial charge in [-0.2, -0.15) is 0 Å². The molecule has 5 N–H and O–H groups in total. The van der Waals surface area contributed by atoms with E-state index in [4.69, 9.17) is 0 Å². The van der Waals surface area contributed by atoms with E-state index in [2.05, 4.69) is 38.1 Å². The van der Waals surface area contributed by atoms with Crippen molar-refractivity contribution in [3.63, 3.8) is 0 Å². The number of benzene rings is 3. The molecular formula is C32H35N5O4S2. The van der Waals surface area contributed by atoms with Crippen molar-refractivity contribution in [2.24, 2.45) is 0 Å². The maximum Gasteiger partial charge on any atom is 0.258 e. The second kappa shape index (κ2) is 13.5. The van der Waals surface area contributed by atoms with Crippen LogP contribution in [0.5, 0.6) is 0 Å². The van der Waals surface area contributed by atoms with Crippen molar-refractivity contribution >= 4 is 45.0 Å². The number of hydrogen-bond acceptors (Lipinski definition) is 6. The van der Waals surface area contributed by atoms with Crippen molar-refractivity contribution in [1.29, 1.82) is 0 Å². The van der Waals surface area contributed by atoms with E-state index in [0.29, 0.717) is 29.2 Å². The van der Waals surface area contributed by atoms with Crippen LogP contribution < -0.4 is 20.9 Å². The van der Waals surface area contributed by atoms with Crippen LogP contribution in [0.3, 0.4) is 0 Å². The van der Waals surface area contributed by atoms with Gasteiger partial charge >= 0.3 is 0 Å². The number of hydrogen-bond donors (Lipinski definition) is 5. The fourth-order valence-corrected chi connectivity index (χ4v) is 6.18. The fraction of sp³-hybridized carbons (Fsp3) is 0.250. The number of rotatable bonds is 13. The third-order valence-electron chi connectivity index (χ3n) is 7.22. The summed E-state index contributed by atoms with van der Waals surface area (Å²) in [6.07, 6.45) is 2.10. The second-order valence-electron chi connectivity index (χ2n) is 11.0. The van der Waals surface area contributed by atoms with Gasteiger partial charge in [0.25, 0.3) is 11.5 Å². The molecule has 0 aliphatic heterocycles. The number of fused-ring (bicyclic) bond motifs is 1. The molecule has 0 aliphatic carbocycles. The van der Waals surface area contributed by atoms with Gasteiger partial charge in [0.1, 0.15) is 11.0 Å². The quantitative estimate of drug-likeness (QED) is 0.128. The number of aromatic amines is 1. The third kappa shape index (κ3) is 8.08. The Balaban J connectivity index is 1.13. The lowest BCUT2D eigenvalue weighted by molar-refractivity contribution is 0.0951. The number of aryl methyl sites for hydroxylation is 1. The maximum absolute atomic E-state index is 12.6. The Kier molecular flexibility index (Phi) is 9.56. The highest BCUT2D eigenvalue weighted by Gasteiger charge is 2.20. The van der Waals surface area contributed by atoms with E-state index in [1.807, 2.05) is 72.9 Å². The van der Waals surface area contributed by atoms with Gasteiger partial charge in [0.15, 0.2) is 0 Å². The number of nitrogens with one attached hydrogen (secondary N) is 4. The fourth-order valence-electron chi connectivity index (χ4n) is 4.71. The number of aliphatic hydroxyl groups is 1. The molecule has 3 aromatic carbocycles. The Morgan fingerprint density at radius 2 is 1.86 bits per heavy atom. The molecule has 9 nitrogen and oxygen atoms in total. The van der Waals surface area contributed by atoms with E-state index in [0.717, 1.165) is 34.3 Å². The van der Waals surface area contributed by atoms with Crippen LogP contribution in [0, 0.1) is 0 Å². The summed E-state index contributed by atoms with van der Waals surface area (Å²) in [7, 11) is -1.39. The van der Waals surface area contributed by atoms with Crippen LogP contribution in [0.4, 0.5) is 5.69 Å². The first kappa shape index (κ1) is 30.4. The third-order valence-corrected chi connectivity index (χ3v) is 9.17.